The highest BCUT2D eigenvalue weighted by atomic mass is 16.3. The van der Waals surface area contributed by atoms with Crippen molar-refractivity contribution in [2.75, 3.05) is 6.61 Å². The van der Waals surface area contributed by atoms with E-state index in [1.165, 1.54) is 212 Å². The molecule has 0 radical (unpaired) electrons. The van der Waals surface area contributed by atoms with Crippen LogP contribution in [-0.2, 0) is 4.79 Å². The van der Waals surface area contributed by atoms with Gasteiger partial charge in [-0.3, -0.25) is 4.79 Å². The van der Waals surface area contributed by atoms with Crippen molar-refractivity contribution < 1.29 is 15.0 Å². The lowest BCUT2D eigenvalue weighted by Gasteiger charge is -2.20. The normalized spacial score (nSPS) is 13.2. The molecular formula is C54H101NO3. The monoisotopic (exact) mass is 812 g/mol. The summed E-state index contributed by atoms with van der Waals surface area (Å²) in [6.07, 6.45) is 68.3. The number of aliphatic hydroxyl groups is 2. The van der Waals surface area contributed by atoms with Gasteiger partial charge in [-0.1, -0.05) is 255 Å². The van der Waals surface area contributed by atoms with Crippen molar-refractivity contribution in [1.29, 1.82) is 0 Å². The molecule has 0 aliphatic rings. The molecule has 0 aromatic carbocycles. The van der Waals surface area contributed by atoms with Crippen molar-refractivity contribution in [2.24, 2.45) is 0 Å². The average Bonchev–Trinajstić information content (AvgIpc) is 3.23. The van der Waals surface area contributed by atoms with E-state index in [1.54, 1.807) is 6.08 Å². The molecule has 0 fully saturated rings. The van der Waals surface area contributed by atoms with Crippen LogP contribution in [-0.4, -0.2) is 34.9 Å². The fourth-order valence-corrected chi connectivity index (χ4v) is 7.83. The van der Waals surface area contributed by atoms with Gasteiger partial charge in [-0.15, -0.1) is 0 Å². The minimum Gasteiger partial charge on any atom is -0.394 e. The van der Waals surface area contributed by atoms with Gasteiger partial charge in [-0.25, -0.2) is 0 Å². The van der Waals surface area contributed by atoms with E-state index >= 15 is 0 Å². The van der Waals surface area contributed by atoms with Crippen molar-refractivity contribution in [1.82, 2.24) is 5.32 Å². The molecule has 0 aliphatic heterocycles. The molecule has 2 atom stereocenters. The molecule has 0 bridgehead atoms. The van der Waals surface area contributed by atoms with Crippen LogP contribution in [0.15, 0.2) is 48.6 Å². The summed E-state index contributed by atoms with van der Waals surface area (Å²) >= 11 is 0. The van der Waals surface area contributed by atoms with Crippen LogP contribution in [0.4, 0.5) is 0 Å². The quantitative estimate of drug-likeness (QED) is 0.0423. The number of unbranched alkanes of at least 4 members (excludes halogenated alkanes) is 34. The van der Waals surface area contributed by atoms with Crippen LogP contribution in [0.3, 0.4) is 0 Å². The molecule has 3 N–H and O–H groups in total. The van der Waals surface area contributed by atoms with E-state index in [0.29, 0.717) is 6.42 Å². The Bertz CT molecular complexity index is 923. The topological polar surface area (TPSA) is 69.6 Å². The largest absolute Gasteiger partial charge is 0.394 e. The van der Waals surface area contributed by atoms with Crippen molar-refractivity contribution in [3.8, 4) is 0 Å². The Morgan fingerprint density at radius 2 is 0.707 bits per heavy atom. The highest BCUT2D eigenvalue weighted by Gasteiger charge is 2.18. The second-order valence-corrected chi connectivity index (χ2v) is 17.6. The molecule has 58 heavy (non-hydrogen) atoms. The minimum absolute atomic E-state index is 0.0629. The summed E-state index contributed by atoms with van der Waals surface area (Å²) in [6, 6.07) is -0.619. The molecule has 4 heteroatoms. The van der Waals surface area contributed by atoms with Crippen molar-refractivity contribution in [3.05, 3.63) is 48.6 Å². The standard InChI is InChI=1S/C54H101NO3/c1-3-5-7-9-11-13-15-16-17-18-19-20-21-22-23-24-25-26-27-28-29-30-31-32-33-34-35-36-37-38-40-42-44-46-48-50-54(58)55-52(51-56)53(57)49-47-45-43-41-39-14-12-10-8-6-4-2/h15-16,18-19,21-22,47,49,52-53,56-57H,3-14,17,20,23-46,48,50-51H2,1-2H3,(H,55,58)/b16-15-,19-18-,22-21-,49-47+. The number of hydrogen-bond acceptors (Lipinski definition) is 3. The third-order valence-electron chi connectivity index (χ3n) is 11.8. The van der Waals surface area contributed by atoms with Gasteiger partial charge in [0.15, 0.2) is 0 Å². The number of carbonyl (C=O) groups is 1. The molecule has 0 aliphatic carbocycles. The lowest BCUT2D eigenvalue weighted by Crippen LogP contribution is -2.45. The first-order valence-corrected chi connectivity index (χ1v) is 25.9. The predicted molar refractivity (Wildman–Crippen MR) is 258 cm³/mol. The molecular weight excluding hydrogens is 711 g/mol. The summed E-state index contributed by atoms with van der Waals surface area (Å²) in [6.45, 7) is 4.29. The van der Waals surface area contributed by atoms with Gasteiger partial charge >= 0.3 is 0 Å². The Hall–Kier alpha value is -1.65. The number of amides is 1. The number of allylic oxidation sites excluding steroid dienone is 7. The summed E-state index contributed by atoms with van der Waals surface area (Å²) in [5.41, 5.74) is 0. The third kappa shape index (κ3) is 45.4. The molecule has 0 heterocycles. The summed E-state index contributed by atoms with van der Waals surface area (Å²) in [4.78, 5) is 12.4. The molecule has 0 aromatic heterocycles. The van der Waals surface area contributed by atoms with Gasteiger partial charge in [-0.2, -0.15) is 0 Å². The molecule has 0 saturated heterocycles. The summed E-state index contributed by atoms with van der Waals surface area (Å²) in [7, 11) is 0. The first kappa shape index (κ1) is 56.4. The van der Waals surface area contributed by atoms with E-state index in [4.69, 9.17) is 0 Å². The first-order chi connectivity index (χ1) is 28.7. The second-order valence-electron chi connectivity index (χ2n) is 17.6. The van der Waals surface area contributed by atoms with Crippen LogP contribution < -0.4 is 5.32 Å². The number of hydrogen-bond donors (Lipinski definition) is 3. The summed E-state index contributed by atoms with van der Waals surface area (Å²) in [5, 5.41) is 23.0. The Labute approximate surface area is 363 Å². The first-order valence-electron chi connectivity index (χ1n) is 25.9. The van der Waals surface area contributed by atoms with Gasteiger partial charge in [0.2, 0.25) is 5.91 Å². The number of carbonyl (C=O) groups excluding carboxylic acids is 1. The van der Waals surface area contributed by atoms with Crippen molar-refractivity contribution >= 4 is 5.91 Å². The maximum atomic E-state index is 12.4. The smallest absolute Gasteiger partial charge is 0.220 e. The van der Waals surface area contributed by atoms with E-state index in [1.807, 2.05) is 6.08 Å². The van der Waals surface area contributed by atoms with Crippen LogP contribution >= 0.6 is 0 Å². The molecule has 340 valence electrons. The molecule has 0 saturated carbocycles. The molecule has 0 rings (SSSR count). The SMILES string of the molecule is CCCCCCC/C=C\C/C=C\C/C=C\CCCCCCCCCCCCCCCCCCCCCCC(=O)NC(CO)C(O)/C=C/CCCCCCCCCCC. The Morgan fingerprint density at radius 1 is 0.414 bits per heavy atom. The zero-order valence-electron chi connectivity index (χ0n) is 39.1. The van der Waals surface area contributed by atoms with Crippen LogP contribution in [0.1, 0.15) is 271 Å². The molecule has 4 nitrogen and oxygen atoms in total. The van der Waals surface area contributed by atoms with Crippen LogP contribution in [0, 0.1) is 0 Å². The van der Waals surface area contributed by atoms with Gasteiger partial charge in [0, 0.05) is 6.42 Å². The van der Waals surface area contributed by atoms with Crippen molar-refractivity contribution in [3.63, 3.8) is 0 Å². The van der Waals surface area contributed by atoms with Crippen molar-refractivity contribution in [2.45, 2.75) is 283 Å². The highest BCUT2D eigenvalue weighted by molar-refractivity contribution is 5.76. The van der Waals surface area contributed by atoms with E-state index in [9.17, 15) is 15.0 Å². The Morgan fingerprint density at radius 3 is 1.05 bits per heavy atom. The Kier molecular flexibility index (Phi) is 48.3. The molecule has 2 unspecified atom stereocenters. The molecule has 0 aromatic rings. The molecule has 0 spiro atoms. The van der Waals surface area contributed by atoms with Crippen LogP contribution in [0.5, 0.6) is 0 Å². The number of nitrogens with one attached hydrogen (secondary N) is 1. The van der Waals surface area contributed by atoms with E-state index < -0.39 is 12.1 Å². The maximum absolute atomic E-state index is 12.4. The van der Waals surface area contributed by atoms with Gasteiger partial charge in [0.25, 0.3) is 0 Å². The molecule has 1 amide bonds. The minimum atomic E-state index is -0.836. The summed E-state index contributed by atoms with van der Waals surface area (Å²) in [5.74, 6) is -0.0629. The lowest BCUT2D eigenvalue weighted by atomic mass is 10.0. The summed E-state index contributed by atoms with van der Waals surface area (Å²) < 4.78 is 0. The van der Waals surface area contributed by atoms with E-state index in [0.717, 1.165) is 38.5 Å². The predicted octanol–water partition coefficient (Wildman–Crippen LogP) is 16.7. The number of aliphatic hydroxyl groups excluding tert-OH is 2. The highest BCUT2D eigenvalue weighted by Crippen LogP contribution is 2.16. The van der Waals surface area contributed by atoms with Gasteiger partial charge in [0.05, 0.1) is 18.8 Å². The van der Waals surface area contributed by atoms with Crippen LogP contribution in [0.25, 0.3) is 0 Å². The third-order valence-corrected chi connectivity index (χ3v) is 11.8. The zero-order chi connectivity index (χ0) is 42.1. The second kappa shape index (κ2) is 49.7. The number of rotatable bonds is 47. The maximum Gasteiger partial charge on any atom is 0.220 e. The average molecular weight is 812 g/mol. The Balaban J connectivity index is 3.42. The fourth-order valence-electron chi connectivity index (χ4n) is 7.83. The zero-order valence-corrected chi connectivity index (χ0v) is 39.1. The fraction of sp³-hybridized carbons (Fsp3) is 0.833. The van der Waals surface area contributed by atoms with Gasteiger partial charge in [-0.05, 0) is 57.8 Å². The van der Waals surface area contributed by atoms with E-state index in [-0.39, 0.29) is 12.5 Å². The van der Waals surface area contributed by atoms with Gasteiger partial charge in [0.1, 0.15) is 0 Å². The lowest BCUT2D eigenvalue weighted by molar-refractivity contribution is -0.123. The van der Waals surface area contributed by atoms with Crippen LogP contribution in [0.2, 0.25) is 0 Å². The van der Waals surface area contributed by atoms with Gasteiger partial charge < -0.3 is 15.5 Å². The van der Waals surface area contributed by atoms with E-state index in [2.05, 4.69) is 55.6 Å².